The molecular formula is C19H23N9. The molecule has 0 unspecified atom stereocenters. The van der Waals surface area contributed by atoms with Crippen molar-refractivity contribution < 1.29 is 0 Å². The van der Waals surface area contributed by atoms with Crippen LogP contribution >= 0.6 is 0 Å². The van der Waals surface area contributed by atoms with Crippen LogP contribution in [0.5, 0.6) is 0 Å². The summed E-state index contributed by atoms with van der Waals surface area (Å²) in [5, 5.41) is 17.3. The molecule has 9 nitrogen and oxygen atoms in total. The average Bonchev–Trinajstić information content (AvgIpc) is 3.28. The molecule has 0 amide bonds. The first-order valence-electron chi connectivity index (χ1n) is 9.24. The fraction of sp³-hybridized carbons (Fsp3) is 0.368. The van der Waals surface area contributed by atoms with Gasteiger partial charge in [-0.05, 0) is 39.8 Å². The highest BCUT2D eigenvalue weighted by molar-refractivity contribution is 5.90. The van der Waals surface area contributed by atoms with Crippen LogP contribution in [0.25, 0.3) is 22.6 Å². The van der Waals surface area contributed by atoms with Crippen molar-refractivity contribution in [3.63, 3.8) is 0 Å². The average molecular weight is 377 g/mol. The van der Waals surface area contributed by atoms with E-state index in [4.69, 9.17) is 9.97 Å². The lowest BCUT2D eigenvalue weighted by molar-refractivity contribution is 0.552. The Morgan fingerprint density at radius 3 is 2.64 bits per heavy atom. The van der Waals surface area contributed by atoms with E-state index >= 15 is 0 Å². The van der Waals surface area contributed by atoms with Crippen LogP contribution in [0.4, 0.5) is 5.82 Å². The van der Waals surface area contributed by atoms with Gasteiger partial charge in [-0.1, -0.05) is 6.07 Å². The van der Waals surface area contributed by atoms with Gasteiger partial charge in [-0.3, -0.25) is 9.67 Å². The minimum absolute atomic E-state index is 0.0980. The molecule has 0 fully saturated rings. The molecule has 1 N–H and O–H groups in total. The van der Waals surface area contributed by atoms with Crippen LogP contribution in [-0.4, -0.2) is 39.5 Å². The summed E-state index contributed by atoms with van der Waals surface area (Å²) in [4.78, 5) is 13.9. The zero-order chi connectivity index (χ0) is 19.8. The van der Waals surface area contributed by atoms with E-state index in [0.29, 0.717) is 17.3 Å². The van der Waals surface area contributed by atoms with E-state index < -0.39 is 0 Å². The van der Waals surface area contributed by atoms with Gasteiger partial charge >= 0.3 is 0 Å². The van der Waals surface area contributed by atoms with Crippen molar-refractivity contribution >= 4 is 16.9 Å². The molecule has 0 spiro atoms. The quantitative estimate of drug-likeness (QED) is 0.570. The molecule has 4 aromatic rings. The molecule has 0 aliphatic heterocycles. The summed E-state index contributed by atoms with van der Waals surface area (Å²) in [7, 11) is 1.88. The van der Waals surface area contributed by atoms with Crippen molar-refractivity contribution in [1.82, 2.24) is 39.5 Å². The van der Waals surface area contributed by atoms with E-state index in [9.17, 15) is 0 Å². The lowest BCUT2D eigenvalue weighted by atomic mass is 10.2. The van der Waals surface area contributed by atoms with Gasteiger partial charge in [0.05, 0.1) is 17.1 Å². The lowest BCUT2D eigenvalue weighted by Crippen LogP contribution is -2.16. The number of nitrogens with one attached hydrogen (secondary N) is 1. The number of nitrogens with zero attached hydrogens (tertiary/aromatic N) is 8. The third kappa shape index (κ3) is 3.08. The maximum atomic E-state index is 4.77. The highest BCUT2D eigenvalue weighted by Crippen LogP contribution is 2.29. The number of aryl methyl sites for hydroxylation is 2. The number of hydrogen-bond donors (Lipinski definition) is 1. The van der Waals surface area contributed by atoms with E-state index in [1.54, 1.807) is 17.2 Å². The third-order valence-corrected chi connectivity index (χ3v) is 4.65. The molecule has 28 heavy (non-hydrogen) atoms. The van der Waals surface area contributed by atoms with Gasteiger partial charge in [0.2, 0.25) is 0 Å². The second-order valence-electron chi connectivity index (χ2n) is 7.07. The fourth-order valence-electron chi connectivity index (χ4n) is 3.28. The summed E-state index contributed by atoms with van der Waals surface area (Å²) < 4.78 is 3.82. The van der Waals surface area contributed by atoms with Gasteiger partial charge < -0.3 is 9.88 Å². The maximum absolute atomic E-state index is 4.77. The van der Waals surface area contributed by atoms with Crippen LogP contribution in [0.15, 0.2) is 30.7 Å². The molecule has 0 radical (unpaired) electrons. The molecule has 1 atom stereocenters. The van der Waals surface area contributed by atoms with Crippen molar-refractivity contribution in [2.45, 2.75) is 39.8 Å². The minimum Gasteiger partial charge on any atom is -0.360 e. The van der Waals surface area contributed by atoms with E-state index in [-0.39, 0.29) is 12.1 Å². The van der Waals surface area contributed by atoms with Crippen molar-refractivity contribution in [2.75, 3.05) is 5.32 Å². The lowest BCUT2D eigenvalue weighted by Gasteiger charge is -2.18. The van der Waals surface area contributed by atoms with E-state index in [0.717, 1.165) is 22.6 Å². The summed E-state index contributed by atoms with van der Waals surface area (Å²) in [6.07, 6.45) is 3.49. The summed E-state index contributed by atoms with van der Waals surface area (Å²) >= 11 is 0. The maximum Gasteiger partial charge on any atom is 0.182 e. The van der Waals surface area contributed by atoms with Gasteiger partial charge in [0.1, 0.15) is 17.8 Å². The zero-order valence-electron chi connectivity index (χ0n) is 16.6. The van der Waals surface area contributed by atoms with E-state index in [2.05, 4.69) is 39.4 Å². The van der Waals surface area contributed by atoms with E-state index in [1.807, 2.05) is 43.7 Å². The van der Waals surface area contributed by atoms with Crippen molar-refractivity contribution in [1.29, 1.82) is 0 Å². The van der Waals surface area contributed by atoms with Crippen LogP contribution in [-0.2, 0) is 7.05 Å². The second kappa shape index (κ2) is 6.99. The second-order valence-corrected chi connectivity index (χ2v) is 7.07. The molecule has 4 rings (SSSR count). The fourth-order valence-corrected chi connectivity index (χ4v) is 3.28. The molecule has 0 aliphatic rings. The number of fused-ring (bicyclic) bond motifs is 1. The third-order valence-electron chi connectivity index (χ3n) is 4.65. The highest BCUT2D eigenvalue weighted by Gasteiger charge is 2.21. The summed E-state index contributed by atoms with van der Waals surface area (Å²) in [6, 6.07) is 5.86. The molecular weight excluding hydrogens is 354 g/mol. The first kappa shape index (κ1) is 18.0. The van der Waals surface area contributed by atoms with Gasteiger partial charge in [0.25, 0.3) is 0 Å². The van der Waals surface area contributed by atoms with Crippen LogP contribution in [0.2, 0.25) is 0 Å². The predicted molar refractivity (Wildman–Crippen MR) is 107 cm³/mol. The SMILES string of the molecule is Cc1nn(C)c2nc(-c3ccccn3)nc(N[C@@H](C)c3nncn3C(C)C)c12. The Morgan fingerprint density at radius 2 is 1.93 bits per heavy atom. The number of aromatic nitrogens is 8. The molecule has 9 heteroatoms. The molecule has 4 aromatic heterocycles. The molecule has 0 aliphatic carbocycles. The molecule has 0 saturated carbocycles. The molecule has 0 aromatic carbocycles. The Bertz CT molecular complexity index is 1110. The monoisotopic (exact) mass is 377 g/mol. The Balaban J connectivity index is 1.82. The Labute approximate surface area is 162 Å². The molecule has 0 saturated heterocycles. The summed E-state index contributed by atoms with van der Waals surface area (Å²) in [5.41, 5.74) is 2.34. The summed E-state index contributed by atoms with van der Waals surface area (Å²) in [5.74, 6) is 2.11. The minimum atomic E-state index is -0.0980. The zero-order valence-corrected chi connectivity index (χ0v) is 16.6. The Hall–Kier alpha value is -3.36. The van der Waals surface area contributed by atoms with Crippen LogP contribution < -0.4 is 5.32 Å². The number of rotatable bonds is 5. The molecule has 4 heterocycles. The predicted octanol–water partition coefficient (Wildman–Crippen LogP) is 3.08. The van der Waals surface area contributed by atoms with Crippen LogP contribution in [0, 0.1) is 6.92 Å². The van der Waals surface area contributed by atoms with Crippen molar-refractivity contribution in [2.24, 2.45) is 7.05 Å². The van der Waals surface area contributed by atoms with Gasteiger partial charge in [-0.15, -0.1) is 10.2 Å². The topological polar surface area (TPSA) is 99.2 Å². The van der Waals surface area contributed by atoms with Crippen LogP contribution in [0.3, 0.4) is 0 Å². The van der Waals surface area contributed by atoms with E-state index in [1.165, 1.54) is 0 Å². The number of pyridine rings is 1. The molecule has 0 bridgehead atoms. The number of anilines is 1. The normalized spacial score (nSPS) is 12.6. The van der Waals surface area contributed by atoms with Gasteiger partial charge in [0.15, 0.2) is 17.3 Å². The standard InChI is InChI=1S/C19H23N9/c1-11(2)28-10-21-25-18(28)13(4)22-17-15-12(3)26-27(5)19(15)24-16(23-17)14-8-6-7-9-20-14/h6-11,13H,1-5H3,(H,22,23,24)/t13-/m0/s1. The van der Waals surface area contributed by atoms with Gasteiger partial charge in [0, 0.05) is 19.3 Å². The largest absolute Gasteiger partial charge is 0.360 e. The van der Waals surface area contributed by atoms with Crippen molar-refractivity contribution in [3.8, 4) is 11.5 Å². The van der Waals surface area contributed by atoms with Gasteiger partial charge in [-0.2, -0.15) is 5.10 Å². The smallest absolute Gasteiger partial charge is 0.182 e. The van der Waals surface area contributed by atoms with Crippen molar-refractivity contribution in [3.05, 3.63) is 42.2 Å². The number of hydrogen-bond acceptors (Lipinski definition) is 7. The Kier molecular flexibility index (Phi) is 4.50. The van der Waals surface area contributed by atoms with Crippen LogP contribution in [0.1, 0.15) is 44.4 Å². The Morgan fingerprint density at radius 1 is 1.11 bits per heavy atom. The molecule has 144 valence electrons. The summed E-state index contributed by atoms with van der Waals surface area (Å²) in [6.45, 7) is 8.21. The highest BCUT2D eigenvalue weighted by atomic mass is 15.3. The first-order chi connectivity index (χ1) is 13.5. The van der Waals surface area contributed by atoms with Gasteiger partial charge in [-0.25, -0.2) is 9.97 Å². The first-order valence-corrected chi connectivity index (χ1v) is 9.24.